The van der Waals surface area contributed by atoms with Crippen LogP contribution in [0.25, 0.3) is 0 Å². The second kappa shape index (κ2) is 5.37. The molecule has 3 nitrogen and oxygen atoms in total. The van der Waals surface area contributed by atoms with Crippen molar-refractivity contribution in [2.24, 2.45) is 0 Å². The normalized spacial score (nSPS) is 11.7. The van der Waals surface area contributed by atoms with Crippen molar-refractivity contribution < 1.29 is 5.11 Å². The molecule has 1 aromatic heterocycles. The van der Waals surface area contributed by atoms with Crippen molar-refractivity contribution in [3.05, 3.63) is 11.4 Å². The minimum absolute atomic E-state index is 0.278. The Hall–Kier alpha value is -0.990. The molecule has 1 aromatic rings. The molecule has 1 N–H and O–H groups in total. The van der Waals surface area contributed by atoms with Gasteiger partial charge in [0.2, 0.25) is 0 Å². The van der Waals surface area contributed by atoms with Crippen LogP contribution in [-0.4, -0.2) is 14.9 Å². The topological polar surface area (TPSA) is 38.0 Å². The molecular formula is C13H24N2O. The molecule has 0 atom stereocenters. The van der Waals surface area contributed by atoms with E-state index in [1.54, 1.807) is 0 Å². The van der Waals surface area contributed by atoms with E-state index in [2.05, 4.69) is 39.7 Å². The van der Waals surface area contributed by atoms with E-state index in [1.807, 2.05) is 4.68 Å². The average molecular weight is 224 g/mol. The van der Waals surface area contributed by atoms with Crippen molar-refractivity contribution in [3.8, 4) is 5.75 Å². The maximum absolute atomic E-state index is 10.2. The van der Waals surface area contributed by atoms with Crippen molar-refractivity contribution in [1.29, 1.82) is 0 Å². The zero-order chi connectivity index (χ0) is 12.3. The molecule has 0 saturated heterocycles. The van der Waals surface area contributed by atoms with Gasteiger partial charge in [-0.1, -0.05) is 41.0 Å². The molecule has 1 rings (SSSR count). The fourth-order valence-electron chi connectivity index (χ4n) is 1.92. The van der Waals surface area contributed by atoms with Gasteiger partial charge in [0.05, 0.1) is 5.69 Å². The summed E-state index contributed by atoms with van der Waals surface area (Å²) in [5.41, 5.74) is 1.82. The molecule has 0 fully saturated rings. The Morgan fingerprint density at radius 3 is 2.25 bits per heavy atom. The van der Waals surface area contributed by atoms with Crippen LogP contribution in [0.15, 0.2) is 0 Å². The summed E-state index contributed by atoms with van der Waals surface area (Å²) in [5.74, 6) is 0.998. The van der Waals surface area contributed by atoms with Gasteiger partial charge >= 0.3 is 0 Å². The monoisotopic (exact) mass is 224 g/mol. The van der Waals surface area contributed by atoms with Crippen molar-refractivity contribution in [2.45, 2.75) is 65.8 Å². The third-order valence-corrected chi connectivity index (χ3v) is 2.81. The zero-order valence-corrected chi connectivity index (χ0v) is 11.1. The van der Waals surface area contributed by atoms with Crippen LogP contribution in [0.2, 0.25) is 0 Å². The number of aryl methyl sites for hydroxylation is 1. The summed E-state index contributed by atoms with van der Waals surface area (Å²) in [5, 5.41) is 14.7. The quantitative estimate of drug-likeness (QED) is 0.829. The van der Waals surface area contributed by atoms with Gasteiger partial charge in [0.1, 0.15) is 5.69 Å². The van der Waals surface area contributed by atoms with Crippen LogP contribution < -0.4 is 0 Å². The fraction of sp³-hybridized carbons (Fsp3) is 0.769. The second-order valence-corrected chi connectivity index (χ2v) is 5.01. The highest BCUT2D eigenvalue weighted by Gasteiger charge is 2.20. The maximum Gasteiger partial charge on any atom is 0.160 e. The van der Waals surface area contributed by atoms with Crippen LogP contribution >= 0.6 is 0 Å². The Balaban J connectivity index is 3.09. The summed E-state index contributed by atoms with van der Waals surface area (Å²) in [7, 11) is 0. The summed E-state index contributed by atoms with van der Waals surface area (Å²) in [6, 6.07) is 0. The lowest BCUT2D eigenvalue weighted by Crippen LogP contribution is -2.06. The van der Waals surface area contributed by atoms with Gasteiger partial charge in [-0.05, 0) is 12.3 Å². The molecule has 3 heteroatoms. The molecule has 92 valence electrons. The maximum atomic E-state index is 10.2. The predicted octanol–water partition coefficient (Wildman–Crippen LogP) is 3.64. The smallest absolute Gasteiger partial charge is 0.160 e. The lowest BCUT2D eigenvalue weighted by atomic mass is 10.1. The molecule has 0 aliphatic rings. The summed E-state index contributed by atoms with van der Waals surface area (Å²) in [6.45, 7) is 11.4. The van der Waals surface area contributed by atoms with E-state index in [-0.39, 0.29) is 5.92 Å². The van der Waals surface area contributed by atoms with Gasteiger partial charge < -0.3 is 5.11 Å². The lowest BCUT2D eigenvalue weighted by molar-refractivity contribution is 0.449. The van der Waals surface area contributed by atoms with Gasteiger partial charge in [0.25, 0.3) is 0 Å². The largest absolute Gasteiger partial charge is 0.504 e. The molecule has 0 amide bonds. The first-order valence-corrected chi connectivity index (χ1v) is 6.28. The zero-order valence-electron chi connectivity index (χ0n) is 11.1. The predicted molar refractivity (Wildman–Crippen MR) is 67.0 cm³/mol. The molecule has 0 aliphatic heterocycles. The number of aromatic hydroxyl groups is 1. The highest BCUT2D eigenvalue weighted by atomic mass is 16.3. The van der Waals surface area contributed by atoms with Crippen molar-refractivity contribution in [3.63, 3.8) is 0 Å². The lowest BCUT2D eigenvalue weighted by Gasteiger charge is -2.09. The number of unbranched alkanes of at least 4 members (excludes halogenated alkanes) is 1. The third-order valence-electron chi connectivity index (χ3n) is 2.81. The van der Waals surface area contributed by atoms with E-state index in [4.69, 9.17) is 0 Å². The van der Waals surface area contributed by atoms with Gasteiger partial charge in [-0.2, -0.15) is 5.10 Å². The molecule has 0 bridgehead atoms. The Morgan fingerprint density at radius 1 is 1.19 bits per heavy atom. The van der Waals surface area contributed by atoms with E-state index in [1.165, 1.54) is 0 Å². The third kappa shape index (κ3) is 2.57. The SMILES string of the molecule is CCCCn1nc(C(C)C)c(O)c1C(C)C. The molecule has 1 heterocycles. The molecule has 0 aliphatic carbocycles. The standard InChI is InChI=1S/C13H24N2O/c1-6-7-8-15-12(10(4)5)13(16)11(14-15)9(2)3/h9-10,16H,6-8H2,1-5H3. The summed E-state index contributed by atoms with van der Waals surface area (Å²) >= 11 is 0. The minimum atomic E-state index is 0.278. The van der Waals surface area contributed by atoms with Crippen molar-refractivity contribution in [2.75, 3.05) is 0 Å². The van der Waals surface area contributed by atoms with E-state index in [9.17, 15) is 5.11 Å². The number of hydrogen-bond acceptors (Lipinski definition) is 2. The van der Waals surface area contributed by atoms with Crippen LogP contribution in [0.3, 0.4) is 0 Å². The molecule has 0 aromatic carbocycles. The van der Waals surface area contributed by atoms with Gasteiger partial charge in [0, 0.05) is 12.5 Å². The van der Waals surface area contributed by atoms with Gasteiger partial charge in [-0.15, -0.1) is 0 Å². The van der Waals surface area contributed by atoms with E-state index in [0.717, 1.165) is 30.8 Å². The number of nitrogens with zero attached hydrogens (tertiary/aromatic N) is 2. The molecule has 0 radical (unpaired) electrons. The van der Waals surface area contributed by atoms with E-state index < -0.39 is 0 Å². The van der Waals surface area contributed by atoms with E-state index in [0.29, 0.717) is 11.7 Å². The summed E-state index contributed by atoms with van der Waals surface area (Å²) < 4.78 is 1.98. The number of hydrogen-bond donors (Lipinski definition) is 1. The van der Waals surface area contributed by atoms with Crippen LogP contribution in [-0.2, 0) is 6.54 Å². The van der Waals surface area contributed by atoms with Gasteiger partial charge in [-0.25, -0.2) is 0 Å². The Morgan fingerprint density at radius 2 is 1.81 bits per heavy atom. The van der Waals surface area contributed by atoms with E-state index >= 15 is 0 Å². The number of aromatic nitrogens is 2. The minimum Gasteiger partial charge on any atom is -0.504 e. The Kier molecular flexibility index (Phi) is 4.39. The molecule has 0 spiro atoms. The van der Waals surface area contributed by atoms with Gasteiger partial charge in [0.15, 0.2) is 5.75 Å². The van der Waals surface area contributed by atoms with Crippen LogP contribution in [0, 0.1) is 0 Å². The summed E-state index contributed by atoms with van der Waals surface area (Å²) in [4.78, 5) is 0. The van der Waals surface area contributed by atoms with Crippen molar-refractivity contribution in [1.82, 2.24) is 9.78 Å². The second-order valence-electron chi connectivity index (χ2n) is 5.01. The average Bonchev–Trinajstić information content (AvgIpc) is 2.52. The highest BCUT2D eigenvalue weighted by Crippen LogP contribution is 2.33. The molecule has 16 heavy (non-hydrogen) atoms. The number of rotatable bonds is 5. The first-order valence-electron chi connectivity index (χ1n) is 6.28. The highest BCUT2D eigenvalue weighted by molar-refractivity contribution is 5.36. The first-order chi connectivity index (χ1) is 7.49. The summed E-state index contributed by atoms with van der Waals surface area (Å²) in [6.07, 6.45) is 2.26. The Labute approximate surface area is 98.5 Å². The molecular weight excluding hydrogens is 200 g/mol. The fourth-order valence-corrected chi connectivity index (χ4v) is 1.92. The Bertz CT molecular complexity index is 340. The van der Waals surface area contributed by atoms with Gasteiger partial charge in [-0.3, -0.25) is 4.68 Å². The molecule has 0 saturated carbocycles. The van der Waals surface area contributed by atoms with Crippen LogP contribution in [0.1, 0.15) is 70.7 Å². The first kappa shape index (κ1) is 13.1. The molecule has 0 unspecified atom stereocenters. The van der Waals surface area contributed by atoms with Crippen LogP contribution in [0.5, 0.6) is 5.75 Å². The van der Waals surface area contributed by atoms with Crippen molar-refractivity contribution >= 4 is 0 Å². The van der Waals surface area contributed by atoms with Crippen LogP contribution in [0.4, 0.5) is 0 Å².